The highest BCUT2D eigenvalue weighted by molar-refractivity contribution is 5.06. The second-order valence-electron chi connectivity index (χ2n) is 6.92. The number of aliphatic hydroxyl groups excluding tert-OH is 1. The lowest BCUT2D eigenvalue weighted by Gasteiger charge is -2.29. The SMILES string of the molecule is CC1=CC(C)CC(CNCC(C)(C)CCCO)C1. The van der Waals surface area contributed by atoms with Crippen molar-refractivity contribution in [3.05, 3.63) is 11.6 Å². The minimum absolute atomic E-state index is 0.300. The number of aliphatic hydroxyl groups is 1. The molecule has 1 aliphatic carbocycles. The van der Waals surface area contributed by atoms with Crippen LogP contribution in [0.2, 0.25) is 0 Å². The maximum absolute atomic E-state index is 8.89. The standard InChI is InChI=1S/C16H31NO/c1-13-8-14(2)10-15(9-13)11-17-12-16(3,4)6-5-7-18/h8,13,15,17-18H,5-7,9-12H2,1-4H3. The summed E-state index contributed by atoms with van der Waals surface area (Å²) in [5, 5.41) is 12.5. The number of rotatable bonds is 7. The van der Waals surface area contributed by atoms with Crippen LogP contribution in [0.4, 0.5) is 0 Å². The highest BCUT2D eigenvalue weighted by atomic mass is 16.2. The zero-order valence-electron chi connectivity index (χ0n) is 12.6. The van der Waals surface area contributed by atoms with E-state index < -0.39 is 0 Å². The van der Waals surface area contributed by atoms with E-state index in [1.807, 2.05) is 0 Å². The average molecular weight is 253 g/mol. The third kappa shape index (κ3) is 6.01. The Bertz CT molecular complexity index is 270. The maximum atomic E-state index is 8.89. The van der Waals surface area contributed by atoms with Crippen LogP contribution in [0.1, 0.15) is 53.4 Å². The lowest BCUT2D eigenvalue weighted by atomic mass is 9.83. The van der Waals surface area contributed by atoms with Gasteiger partial charge in [0.15, 0.2) is 0 Å². The van der Waals surface area contributed by atoms with Crippen LogP contribution in [0.3, 0.4) is 0 Å². The molecule has 18 heavy (non-hydrogen) atoms. The normalized spacial score (nSPS) is 25.1. The largest absolute Gasteiger partial charge is 0.396 e. The first kappa shape index (κ1) is 15.7. The fraction of sp³-hybridized carbons (Fsp3) is 0.875. The Morgan fingerprint density at radius 2 is 2.17 bits per heavy atom. The van der Waals surface area contributed by atoms with Crippen molar-refractivity contribution in [3.63, 3.8) is 0 Å². The summed E-state index contributed by atoms with van der Waals surface area (Å²) in [5.74, 6) is 1.55. The van der Waals surface area contributed by atoms with Crippen molar-refractivity contribution in [2.45, 2.75) is 53.4 Å². The smallest absolute Gasteiger partial charge is 0.0431 e. The Kier molecular flexibility index (Phi) is 6.37. The number of nitrogens with one attached hydrogen (secondary N) is 1. The lowest BCUT2D eigenvalue weighted by Crippen LogP contribution is -2.34. The van der Waals surface area contributed by atoms with Gasteiger partial charge < -0.3 is 10.4 Å². The second kappa shape index (κ2) is 7.30. The molecule has 0 fully saturated rings. The molecule has 2 heteroatoms. The van der Waals surface area contributed by atoms with E-state index in [-0.39, 0.29) is 0 Å². The van der Waals surface area contributed by atoms with Gasteiger partial charge in [0, 0.05) is 13.2 Å². The summed E-state index contributed by atoms with van der Waals surface area (Å²) in [4.78, 5) is 0. The fourth-order valence-electron chi connectivity index (χ4n) is 3.10. The molecule has 2 unspecified atom stereocenters. The fourth-order valence-corrected chi connectivity index (χ4v) is 3.10. The van der Waals surface area contributed by atoms with Gasteiger partial charge in [-0.05, 0) is 56.4 Å². The molecule has 2 N–H and O–H groups in total. The van der Waals surface area contributed by atoms with Crippen LogP contribution < -0.4 is 5.32 Å². The summed E-state index contributed by atoms with van der Waals surface area (Å²) >= 11 is 0. The van der Waals surface area contributed by atoms with E-state index in [0.29, 0.717) is 12.0 Å². The summed E-state index contributed by atoms with van der Waals surface area (Å²) in [6.07, 6.45) is 7.00. The quantitative estimate of drug-likeness (QED) is 0.682. The third-order valence-corrected chi connectivity index (χ3v) is 3.93. The topological polar surface area (TPSA) is 32.3 Å². The van der Waals surface area contributed by atoms with Crippen LogP contribution in [-0.4, -0.2) is 24.8 Å². The molecular formula is C16H31NO. The van der Waals surface area contributed by atoms with E-state index in [0.717, 1.165) is 37.8 Å². The van der Waals surface area contributed by atoms with Crippen molar-refractivity contribution >= 4 is 0 Å². The highest BCUT2D eigenvalue weighted by Crippen LogP contribution is 2.27. The van der Waals surface area contributed by atoms with Crippen LogP contribution in [0.5, 0.6) is 0 Å². The third-order valence-electron chi connectivity index (χ3n) is 3.93. The van der Waals surface area contributed by atoms with Crippen LogP contribution in [0.15, 0.2) is 11.6 Å². The molecule has 0 aromatic rings. The summed E-state index contributed by atoms with van der Waals surface area (Å²) in [5.41, 5.74) is 1.86. The van der Waals surface area contributed by atoms with Crippen LogP contribution in [-0.2, 0) is 0 Å². The van der Waals surface area contributed by atoms with Gasteiger partial charge in [-0.25, -0.2) is 0 Å². The molecule has 0 saturated heterocycles. The summed E-state index contributed by atoms with van der Waals surface area (Å²) in [6.45, 7) is 11.6. The first-order chi connectivity index (χ1) is 8.43. The summed E-state index contributed by atoms with van der Waals surface area (Å²) in [7, 11) is 0. The van der Waals surface area contributed by atoms with Crippen molar-refractivity contribution in [2.24, 2.45) is 17.3 Å². The van der Waals surface area contributed by atoms with Crippen molar-refractivity contribution in [2.75, 3.05) is 19.7 Å². The van der Waals surface area contributed by atoms with Crippen molar-refractivity contribution in [1.82, 2.24) is 5.32 Å². The van der Waals surface area contributed by atoms with E-state index >= 15 is 0 Å². The molecule has 106 valence electrons. The first-order valence-corrected chi connectivity index (χ1v) is 7.42. The molecule has 0 amide bonds. The number of allylic oxidation sites excluding steroid dienone is 2. The van der Waals surface area contributed by atoms with Gasteiger partial charge in [-0.2, -0.15) is 0 Å². The molecule has 0 aromatic carbocycles. The van der Waals surface area contributed by atoms with Gasteiger partial charge >= 0.3 is 0 Å². The second-order valence-corrected chi connectivity index (χ2v) is 6.92. The van der Waals surface area contributed by atoms with E-state index in [4.69, 9.17) is 5.11 Å². The Labute approximate surface area is 113 Å². The molecule has 2 atom stereocenters. The van der Waals surface area contributed by atoms with Crippen LogP contribution in [0, 0.1) is 17.3 Å². The van der Waals surface area contributed by atoms with Gasteiger partial charge in [-0.1, -0.05) is 32.4 Å². The molecule has 1 aliphatic rings. The molecule has 0 saturated carbocycles. The molecule has 0 radical (unpaired) electrons. The average Bonchev–Trinajstić information content (AvgIpc) is 2.25. The van der Waals surface area contributed by atoms with Gasteiger partial charge in [0.2, 0.25) is 0 Å². The molecule has 0 spiro atoms. The van der Waals surface area contributed by atoms with Crippen LogP contribution >= 0.6 is 0 Å². The maximum Gasteiger partial charge on any atom is 0.0431 e. The zero-order chi connectivity index (χ0) is 13.6. The molecular weight excluding hydrogens is 222 g/mol. The minimum atomic E-state index is 0.300. The van der Waals surface area contributed by atoms with Gasteiger partial charge in [0.25, 0.3) is 0 Å². The predicted octanol–water partition coefficient (Wildman–Crippen LogP) is 3.37. The van der Waals surface area contributed by atoms with E-state index in [1.165, 1.54) is 12.8 Å². The molecule has 2 nitrogen and oxygen atoms in total. The Balaban J connectivity index is 2.23. The van der Waals surface area contributed by atoms with Gasteiger partial charge in [-0.3, -0.25) is 0 Å². The molecule has 0 bridgehead atoms. The highest BCUT2D eigenvalue weighted by Gasteiger charge is 2.20. The number of hydrogen-bond acceptors (Lipinski definition) is 2. The molecule has 0 aromatic heterocycles. The first-order valence-electron chi connectivity index (χ1n) is 7.42. The summed E-state index contributed by atoms with van der Waals surface area (Å²) in [6, 6.07) is 0. The van der Waals surface area contributed by atoms with Crippen molar-refractivity contribution in [3.8, 4) is 0 Å². The number of hydrogen-bond donors (Lipinski definition) is 2. The monoisotopic (exact) mass is 253 g/mol. The zero-order valence-corrected chi connectivity index (χ0v) is 12.6. The Morgan fingerprint density at radius 1 is 1.44 bits per heavy atom. The minimum Gasteiger partial charge on any atom is -0.396 e. The summed E-state index contributed by atoms with van der Waals surface area (Å²) < 4.78 is 0. The van der Waals surface area contributed by atoms with Gasteiger partial charge in [-0.15, -0.1) is 0 Å². The molecule has 1 rings (SSSR count). The Hall–Kier alpha value is -0.340. The predicted molar refractivity (Wildman–Crippen MR) is 78.6 cm³/mol. The molecule has 0 aliphatic heterocycles. The Morgan fingerprint density at radius 3 is 2.78 bits per heavy atom. The van der Waals surface area contributed by atoms with E-state index in [2.05, 4.69) is 39.1 Å². The van der Waals surface area contributed by atoms with E-state index in [9.17, 15) is 0 Å². The van der Waals surface area contributed by atoms with Crippen LogP contribution in [0.25, 0.3) is 0 Å². The van der Waals surface area contributed by atoms with Crippen molar-refractivity contribution in [1.29, 1.82) is 0 Å². The van der Waals surface area contributed by atoms with Gasteiger partial charge in [0.05, 0.1) is 0 Å². The van der Waals surface area contributed by atoms with Crippen molar-refractivity contribution < 1.29 is 5.11 Å². The molecule has 0 heterocycles. The lowest BCUT2D eigenvalue weighted by molar-refractivity contribution is 0.232. The van der Waals surface area contributed by atoms with E-state index in [1.54, 1.807) is 5.57 Å². The van der Waals surface area contributed by atoms with Gasteiger partial charge in [0.1, 0.15) is 0 Å².